The van der Waals surface area contributed by atoms with Crippen LogP contribution in [0.1, 0.15) is 40.5 Å². The third kappa shape index (κ3) is 4.16. The van der Waals surface area contributed by atoms with Crippen molar-refractivity contribution >= 4 is 17.7 Å². The van der Waals surface area contributed by atoms with E-state index in [9.17, 15) is 14.4 Å². The first-order chi connectivity index (χ1) is 11.7. The Hall–Kier alpha value is -2.43. The number of hydrogen-bond donors (Lipinski definition) is 0. The Labute approximate surface area is 148 Å². The molecular formula is C20H24O5. The fourth-order valence-electron chi connectivity index (χ4n) is 2.94. The molecule has 1 fully saturated rings. The number of Topliss-reactive ketones (excluding diaryl/α,β-unsaturated/α-hetero) is 1. The van der Waals surface area contributed by atoms with Crippen LogP contribution in [0.5, 0.6) is 0 Å². The van der Waals surface area contributed by atoms with E-state index in [1.165, 1.54) is 0 Å². The van der Waals surface area contributed by atoms with Gasteiger partial charge in [-0.15, -0.1) is 0 Å². The van der Waals surface area contributed by atoms with Gasteiger partial charge in [0.2, 0.25) is 0 Å². The Morgan fingerprint density at radius 2 is 2.04 bits per heavy atom. The number of carbonyl (C=O) groups is 3. The predicted molar refractivity (Wildman–Crippen MR) is 93.6 cm³/mol. The highest BCUT2D eigenvalue weighted by molar-refractivity contribution is 5.96. The van der Waals surface area contributed by atoms with Gasteiger partial charge >= 0.3 is 11.9 Å². The molecule has 1 aliphatic heterocycles. The molecule has 25 heavy (non-hydrogen) atoms. The van der Waals surface area contributed by atoms with E-state index in [4.69, 9.17) is 9.47 Å². The Morgan fingerprint density at radius 1 is 1.36 bits per heavy atom. The SMILES string of the molecule is C=C1C(=O)O[C@H]2/C=C(/C)C(=O)C/C=C(/C)C[C@H](OC(=O)/C(C)=C\C)[C@@H]12. The smallest absolute Gasteiger partial charge is 0.334 e. The molecule has 0 aromatic rings. The molecule has 0 bridgehead atoms. The first-order valence-corrected chi connectivity index (χ1v) is 8.35. The zero-order chi connectivity index (χ0) is 18.7. The van der Waals surface area contributed by atoms with Gasteiger partial charge in [0, 0.05) is 24.0 Å². The van der Waals surface area contributed by atoms with Crippen molar-refractivity contribution in [3.8, 4) is 0 Å². The average molecular weight is 344 g/mol. The van der Waals surface area contributed by atoms with Gasteiger partial charge in [0.15, 0.2) is 5.78 Å². The summed E-state index contributed by atoms with van der Waals surface area (Å²) in [5, 5.41) is 0. The second-order valence-electron chi connectivity index (χ2n) is 6.57. The molecule has 0 N–H and O–H groups in total. The van der Waals surface area contributed by atoms with Crippen molar-refractivity contribution < 1.29 is 23.9 Å². The molecule has 0 aromatic heterocycles. The van der Waals surface area contributed by atoms with Crippen molar-refractivity contribution in [2.75, 3.05) is 0 Å². The van der Waals surface area contributed by atoms with Crippen LogP contribution in [-0.4, -0.2) is 29.9 Å². The normalized spacial score (nSPS) is 32.1. The quantitative estimate of drug-likeness (QED) is 0.437. The summed E-state index contributed by atoms with van der Waals surface area (Å²) >= 11 is 0. The maximum Gasteiger partial charge on any atom is 0.334 e. The van der Waals surface area contributed by atoms with E-state index in [-0.39, 0.29) is 17.8 Å². The largest absolute Gasteiger partial charge is 0.458 e. The highest BCUT2D eigenvalue weighted by atomic mass is 16.6. The fourth-order valence-corrected chi connectivity index (χ4v) is 2.94. The van der Waals surface area contributed by atoms with Crippen LogP contribution in [0.3, 0.4) is 0 Å². The molecule has 0 unspecified atom stereocenters. The van der Waals surface area contributed by atoms with Crippen molar-refractivity contribution in [1.82, 2.24) is 0 Å². The molecule has 0 saturated carbocycles. The maximum absolute atomic E-state index is 12.3. The monoisotopic (exact) mass is 344 g/mol. The second-order valence-corrected chi connectivity index (χ2v) is 6.57. The molecular weight excluding hydrogens is 320 g/mol. The molecule has 1 saturated heterocycles. The van der Waals surface area contributed by atoms with Gasteiger partial charge in [0.1, 0.15) is 12.2 Å². The number of ketones is 1. The van der Waals surface area contributed by atoms with Gasteiger partial charge < -0.3 is 9.47 Å². The summed E-state index contributed by atoms with van der Waals surface area (Å²) in [6, 6.07) is 0. The lowest BCUT2D eigenvalue weighted by Gasteiger charge is -2.27. The summed E-state index contributed by atoms with van der Waals surface area (Å²) in [5.74, 6) is -1.48. The van der Waals surface area contributed by atoms with E-state index < -0.39 is 30.1 Å². The second kappa shape index (κ2) is 7.64. The standard InChI is InChI=1S/C20H24O5/c1-6-12(3)19(22)24-16-9-11(2)7-8-15(21)13(4)10-17-18(16)14(5)20(23)25-17/h6-7,10,16-18H,5,8-9H2,1-4H3/b11-7-,12-6-,13-10-/t16-,17-,18+/m0/s1. The zero-order valence-corrected chi connectivity index (χ0v) is 15.1. The van der Waals surface area contributed by atoms with Crippen LogP contribution in [0.15, 0.2) is 47.1 Å². The van der Waals surface area contributed by atoms with E-state index in [1.807, 2.05) is 13.0 Å². The minimum Gasteiger partial charge on any atom is -0.458 e. The van der Waals surface area contributed by atoms with Crippen molar-refractivity contribution in [1.29, 1.82) is 0 Å². The molecule has 3 atom stereocenters. The number of esters is 2. The van der Waals surface area contributed by atoms with Gasteiger partial charge in [-0.3, -0.25) is 4.79 Å². The van der Waals surface area contributed by atoms with E-state index in [2.05, 4.69) is 6.58 Å². The highest BCUT2D eigenvalue weighted by Gasteiger charge is 2.44. The molecule has 5 nitrogen and oxygen atoms in total. The third-order valence-electron chi connectivity index (χ3n) is 4.69. The predicted octanol–water partition coefficient (Wildman–Crippen LogP) is 3.22. The highest BCUT2D eigenvalue weighted by Crippen LogP contribution is 2.36. The molecule has 0 spiro atoms. The lowest BCUT2D eigenvalue weighted by atomic mass is 9.85. The molecule has 0 radical (unpaired) electrons. The minimum absolute atomic E-state index is 0.0214. The topological polar surface area (TPSA) is 69.7 Å². The molecule has 2 rings (SSSR count). The van der Waals surface area contributed by atoms with Crippen LogP contribution in [0, 0.1) is 5.92 Å². The molecule has 5 heteroatoms. The van der Waals surface area contributed by atoms with Crippen LogP contribution >= 0.6 is 0 Å². The average Bonchev–Trinajstić information content (AvgIpc) is 2.84. The number of allylic oxidation sites excluding steroid dienone is 3. The lowest BCUT2D eigenvalue weighted by molar-refractivity contribution is -0.147. The number of fused-ring (bicyclic) bond motifs is 1. The van der Waals surface area contributed by atoms with Crippen molar-refractivity contribution in [2.24, 2.45) is 5.92 Å². The van der Waals surface area contributed by atoms with Gasteiger partial charge in [-0.25, -0.2) is 9.59 Å². The molecule has 0 amide bonds. The molecule has 0 aromatic carbocycles. The number of ether oxygens (including phenoxy) is 2. The number of hydrogen-bond acceptors (Lipinski definition) is 5. The van der Waals surface area contributed by atoms with Crippen LogP contribution < -0.4 is 0 Å². The van der Waals surface area contributed by atoms with Gasteiger partial charge in [-0.2, -0.15) is 0 Å². The first-order valence-electron chi connectivity index (χ1n) is 8.35. The van der Waals surface area contributed by atoms with Crippen LogP contribution in [0.25, 0.3) is 0 Å². The summed E-state index contributed by atoms with van der Waals surface area (Å²) in [7, 11) is 0. The van der Waals surface area contributed by atoms with Gasteiger partial charge in [-0.1, -0.05) is 24.3 Å². The van der Waals surface area contributed by atoms with Crippen LogP contribution in [0.4, 0.5) is 0 Å². The lowest BCUT2D eigenvalue weighted by Crippen LogP contribution is -2.33. The number of carbonyl (C=O) groups excluding carboxylic acids is 3. The Bertz CT molecular complexity index is 708. The van der Waals surface area contributed by atoms with Crippen LogP contribution in [-0.2, 0) is 23.9 Å². The van der Waals surface area contributed by atoms with Gasteiger partial charge in [-0.05, 0) is 39.3 Å². The van der Waals surface area contributed by atoms with Crippen molar-refractivity contribution in [3.63, 3.8) is 0 Å². The molecule has 2 aliphatic rings. The first kappa shape index (κ1) is 18.9. The van der Waals surface area contributed by atoms with Gasteiger partial charge in [0.05, 0.1) is 5.92 Å². The Balaban J connectivity index is 2.44. The van der Waals surface area contributed by atoms with E-state index in [0.717, 1.165) is 5.57 Å². The van der Waals surface area contributed by atoms with Crippen LogP contribution in [0.2, 0.25) is 0 Å². The molecule has 1 heterocycles. The number of rotatable bonds is 2. The van der Waals surface area contributed by atoms with E-state index in [1.54, 1.807) is 32.9 Å². The summed E-state index contributed by atoms with van der Waals surface area (Å²) in [4.78, 5) is 36.4. The zero-order valence-electron chi connectivity index (χ0n) is 15.1. The summed E-state index contributed by atoms with van der Waals surface area (Å²) in [6.07, 6.45) is 4.61. The maximum atomic E-state index is 12.3. The molecule has 1 aliphatic carbocycles. The third-order valence-corrected chi connectivity index (χ3v) is 4.69. The summed E-state index contributed by atoms with van der Waals surface area (Å²) in [5.41, 5.74) is 2.21. The Kier molecular flexibility index (Phi) is 5.77. The minimum atomic E-state index is -0.654. The molecule has 134 valence electrons. The summed E-state index contributed by atoms with van der Waals surface area (Å²) < 4.78 is 11.1. The Morgan fingerprint density at radius 3 is 2.68 bits per heavy atom. The summed E-state index contributed by atoms with van der Waals surface area (Å²) in [6.45, 7) is 10.8. The van der Waals surface area contributed by atoms with Gasteiger partial charge in [0.25, 0.3) is 0 Å². The van der Waals surface area contributed by atoms with E-state index in [0.29, 0.717) is 17.6 Å². The fraction of sp³-hybridized carbons (Fsp3) is 0.450. The van der Waals surface area contributed by atoms with Crippen molar-refractivity contribution in [3.05, 3.63) is 47.1 Å². The van der Waals surface area contributed by atoms with Crippen molar-refractivity contribution in [2.45, 2.75) is 52.7 Å². The van der Waals surface area contributed by atoms with E-state index >= 15 is 0 Å².